The van der Waals surface area contributed by atoms with E-state index in [9.17, 15) is 18.3 Å². The summed E-state index contributed by atoms with van der Waals surface area (Å²) < 4.78 is 38.3. The molecule has 2 aromatic rings. The number of benzene rings is 2. The molecule has 30 heavy (non-hydrogen) atoms. The van der Waals surface area contributed by atoms with E-state index in [-0.39, 0.29) is 6.04 Å². The fourth-order valence-electron chi connectivity index (χ4n) is 4.30. The lowest BCUT2D eigenvalue weighted by molar-refractivity contribution is -0.137. The molecule has 4 nitrogen and oxygen atoms in total. The van der Waals surface area contributed by atoms with Crippen LogP contribution in [0.2, 0.25) is 5.02 Å². The molecule has 2 fully saturated rings. The number of alkyl halides is 3. The van der Waals surface area contributed by atoms with Crippen molar-refractivity contribution in [3.05, 3.63) is 64.7 Å². The van der Waals surface area contributed by atoms with Crippen molar-refractivity contribution in [2.24, 2.45) is 0 Å². The van der Waals surface area contributed by atoms with E-state index in [1.54, 1.807) is 0 Å². The predicted molar refractivity (Wildman–Crippen MR) is 112 cm³/mol. The first-order valence-electron chi connectivity index (χ1n) is 10.1. The minimum absolute atomic E-state index is 0.00928. The number of β-amino-alcohol motifs (C(OH)–C–C–N with tert-alkyl or cyclic N) is 1. The molecule has 0 aromatic heterocycles. The lowest BCUT2D eigenvalue weighted by Gasteiger charge is -2.38. The van der Waals surface area contributed by atoms with Crippen molar-refractivity contribution in [2.45, 2.75) is 24.9 Å². The van der Waals surface area contributed by atoms with Gasteiger partial charge in [0, 0.05) is 56.5 Å². The Kier molecular flexibility index (Phi) is 6.25. The molecule has 0 saturated carbocycles. The molecule has 0 aliphatic carbocycles. The van der Waals surface area contributed by atoms with Gasteiger partial charge >= 0.3 is 6.18 Å². The first-order valence-corrected chi connectivity index (χ1v) is 10.5. The second kappa shape index (κ2) is 8.75. The second-order valence-corrected chi connectivity index (χ2v) is 8.46. The number of aliphatic hydroxyl groups is 1. The average molecular weight is 440 g/mol. The van der Waals surface area contributed by atoms with Gasteiger partial charge in [-0.3, -0.25) is 9.80 Å². The summed E-state index contributed by atoms with van der Waals surface area (Å²) in [6, 6.07) is 13.0. The molecule has 1 N–H and O–H groups in total. The SMILES string of the molecule is OC1CN(c2ccc(C(F)(F)F)cc2)CC1N1CCN(Cc2ccc(Cl)cc2)CC1. The van der Waals surface area contributed by atoms with E-state index in [2.05, 4.69) is 9.80 Å². The highest BCUT2D eigenvalue weighted by atomic mass is 35.5. The molecule has 2 saturated heterocycles. The third-order valence-electron chi connectivity index (χ3n) is 6.01. The summed E-state index contributed by atoms with van der Waals surface area (Å²) in [7, 11) is 0. The summed E-state index contributed by atoms with van der Waals surface area (Å²) in [5, 5.41) is 11.3. The molecule has 0 bridgehead atoms. The number of anilines is 1. The van der Waals surface area contributed by atoms with E-state index >= 15 is 0 Å². The van der Waals surface area contributed by atoms with E-state index in [1.807, 2.05) is 29.2 Å². The molecule has 0 amide bonds. The van der Waals surface area contributed by atoms with Crippen molar-refractivity contribution in [1.29, 1.82) is 0 Å². The van der Waals surface area contributed by atoms with Gasteiger partial charge in [-0.1, -0.05) is 23.7 Å². The molecule has 2 aromatic carbocycles. The van der Waals surface area contributed by atoms with Gasteiger partial charge in [-0.15, -0.1) is 0 Å². The Bertz CT molecular complexity index is 836. The Morgan fingerprint density at radius 2 is 1.53 bits per heavy atom. The van der Waals surface area contributed by atoms with Gasteiger partial charge in [-0.2, -0.15) is 13.2 Å². The molecule has 162 valence electrons. The zero-order valence-corrected chi connectivity index (χ0v) is 17.3. The van der Waals surface area contributed by atoms with Crippen LogP contribution in [0.4, 0.5) is 18.9 Å². The fraction of sp³-hybridized carbons (Fsp3) is 0.455. The molecule has 8 heteroatoms. The number of piperazine rings is 1. The van der Waals surface area contributed by atoms with Crippen molar-refractivity contribution in [3.8, 4) is 0 Å². The maximum absolute atomic E-state index is 12.8. The average Bonchev–Trinajstić information content (AvgIpc) is 3.11. The zero-order valence-electron chi connectivity index (χ0n) is 16.5. The van der Waals surface area contributed by atoms with E-state index in [4.69, 9.17) is 11.6 Å². The molecule has 4 rings (SSSR count). The summed E-state index contributed by atoms with van der Waals surface area (Å²) in [6.07, 6.45) is -4.85. The van der Waals surface area contributed by atoms with E-state index in [1.165, 1.54) is 17.7 Å². The van der Waals surface area contributed by atoms with Crippen LogP contribution in [0.25, 0.3) is 0 Å². The van der Waals surface area contributed by atoms with Crippen LogP contribution in [0.3, 0.4) is 0 Å². The highest BCUT2D eigenvalue weighted by molar-refractivity contribution is 6.30. The topological polar surface area (TPSA) is 30.0 Å². The van der Waals surface area contributed by atoms with Crippen molar-refractivity contribution in [2.75, 3.05) is 44.2 Å². The molecule has 0 radical (unpaired) electrons. The number of hydrogen-bond acceptors (Lipinski definition) is 4. The molecule has 2 aliphatic heterocycles. The van der Waals surface area contributed by atoms with Crippen LogP contribution in [-0.4, -0.2) is 66.3 Å². The Morgan fingerprint density at radius 1 is 0.900 bits per heavy atom. The first kappa shape index (κ1) is 21.4. The van der Waals surface area contributed by atoms with Crippen LogP contribution in [0.5, 0.6) is 0 Å². The number of hydrogen-bond donors (Lipinski definition) is 1. The van der Waals surface area contributed by atoms with Gasteiger partial charge in [-0.05, 0) is 42.0 Å². The van der Waals surface area contributed by atoms with Crippen LogP contribution < -0.4 is 4.90 Å². The highest BCUT2D eigenvalue weighted by Gasteiger charge is 2.37. The predicted octanol–water partition coefficient (Wildman–Crippen LogP) is 3.73. The second-order valence-electron chi connectivity index (χ2n) is 8.02. The Hall–Kier alpha value is -1.80. The molecular formula is C22H25ClF3N3O. The van der Waals surface area contributed by atoms with Crippen LogP contribution >= 0.6 is 11.6 Å². The van der Waals surface area contributed by atoms with Crippen molar-refractivity contribution < 1.29 is 18.3 Å². The van der Waals surface area contributed by atoms with Gasteiger partial charge in [0.15, 0.2) is 0 Å². The third kappa shape index (κ3) is 4.91. The third-order valence-corrected chi connectivity index (χ3v) is 6.27. The number of nitrogens with zero attached hydrogens (tertiary/aromatic N) is 3. The first-order chi connectivity index (χ1) is 14.3. The summed E-state index contributed by atoms with van der Waals surface area (Å²) in [6.45, 7) is 5.45. The number of rotatable bonds is 4. The summed E-state index contributed by atoms with van der Waals surface area (Å²) in [5.74, 6) is 0. The van der Waals surface area contributed by atoms with E-state index < -0.39 is 17.8 Å². The Morgan fingerprint density at radius 3 is 2.13 bits per heavy atom. The van der Waals surface area contributed by atoms with Gasteiger partial charge in [0.2, 0.25) is 0 Å². The van der Waals surface area contributed by atoms with Crippen molar-refractivity contribution >= 4 is 17.3 Å². The van der Waals surface area contributed by atoms with Gasteiger partial charge in [0.05, 0.1) is 17.7 Å². The smallest absolute Gasteiger partial charge is 0.390 e. The molecular weight excluding hydrogens is 415 g/mol. The lowest BCUT2D eigenvalue weighted by Crippen LogP contribution is -2.53. The minimum atomic E-state index is -4.34. The summed E-state index contributed by atoms with van der Waals surface area (Å²) in [5.41, 5.74) is 1.28. The van der Waals surface area contributed by atoms with Crippen LogP contribution in [0.15, 0.2) is 48.5 Å². The largest absolute Gasteiger partial charge is 0.416 e. The quantitative estimate of drug-likeness (QED) is 0.786. The standard InChI is InChI=1S/C22H25ClF3N3O/c23-18-5-1-16(2-6-18)13-27-9-11-28(12-10-27)20-14-29(15-21(20)30)19-7-3-17(4-8-19)22(24,25)26/h1-8,20-21,30H,9-15H2. The minimum Gasteiger partial charge on any atom is -0.390 e. The van der Waals surface area contributed by atoms with Gasteiger partial charge in [0.1, 0.15) is 0 Å². The molecule has 2 atom stereocenters. The highest BCUT2D eigenvalue weighted by Crippen LogP contribution is 2.32. The molecule has 2 aliphatic rings. The van der Waals surface area contributed by atoms with Crippen molar-refractivity contribution in [3.63, 3.8) is 0 Å². The Labute approximate surface area is 179 Å². The number of aliphatic hydroxyl groups excluding tert-OH is 1. The fourth-order valence-corrected chi connectivity index (χ4v) is 4.43. The van der Waals surface area contributed by atoms with Crippen LogP contribution in [0.1, 0.15) is 11.1 Å². The maximum Gasteiger partial charge on any atom is 0.416 e. The van der Waals surface area contributed by atoms with Gasteiger partial charge < -0.3 is 10.0 Å². The molecule has 2 unspecified atom stereocenters. The van der Waals surface area contributed by atoms with Crippen LogP contribution in [-0.2, 0) is 12.7 Å². The maximum atomic E-state index is 12.8. The summed E-state index contributed by atoms with van der Waals surface area (Å²) >= 11 is 5.95. The van der Waals surface area contributed by atoms with E-state index in [0.717, 1.165) is 49.9 Å². The van der Waals surface area contributed by atoms with Gasteiger partial charge in [0.25, 0.3) is 0 Å². The van der Waals surface area contributed by atoms with Gasteiger partial charge in [-0.25, -0.2) is 0 Å². The monoisotopic (exact) mass is 439 g/mol. The molecule has 0 spiro atoms. The van der Waals surface area contributed by atoms with Crippen LogP contribution in [0, 0.1) is 0 Å². The summed E-state index contributed by atoms with van der Waals surface area (Å²) in [4.78, 5) is 6.65. The molecule has 2 heterocycles. The van der Waals surface area contributed by atoms with E-state index in [0.29, 0.717) is 18.8 Å². The number of halogens is 4. The lowest BCUT2D eigenvalue weighted by atomic mass is 10.1. The normalized spacial score (nSPS) is 23.8. The Balaban J connectivity index is 1.31. The zero-order chi connectivity index (χ0) is 21.3. The van der Waals surface area contributed by atoms with Crippen molar-refractivity contribution in [1.82, 2.24) is 9.80 Å².